The topological polar surface area (TPSA) is 26.0 Å². The first-order chi connectivity index (χ1) is 9.25. The van der Waals surface area contributed by atoms with Gasteiger partial charge in [0, 0.05) is 6.04 Å². The van der Waals surface area contributed by atoms with Gasteiger partial charge in [0.25, 0.3) is 0 Å². The maximum absolute atomic E-state index is 14.3. The average molecular weight is 281 g/mol. The quantitative estimate of drug-likeness (QED) is 0.858. The van der Waals surface area contributed by atoms with Crippen molar-refractivity contribution in [2.45, 2.75) is 58.4 Å². The minimum Gasteiger partial charge on any atom is -0.327 e. The van der Waals surface area contributed by atoms with Crippen LogP contribution in [-0.2, 0) is 5.41 Å². The Kier molecular flexibility index (Phi) is 4.19. The lowest BCUT2D eigenvalue weighted by molar-refractivity contribution is 0.167. The normalized spacial score (nSPS) is 27.6. The summed E-state index contributed by atoms with van der Waals surface area (Å²) in [6.07, 6.45) is 3.05. The van der Waals surface area contributed by atoms with E-state index in [-0.39, 0.29) is 12.0 Å². The minimum atomic E-state index is -0.728. The van der Waals surface area contributed by atoms with Crippen LogP contribution >= 0.6 is 0 Å². The summed E-state index contributed by atoms with van der Waals surface area (Å²) in [5.41, 5.74) is 6.65. The highest BCUT2D eigenvalue weighted by atomic mass is 19.2. The van der Waals surface area contributed by atoms with E-state index in [1.165, 1.54) is 0 Å². The van der Waals surface area contributed by atoms with Crippen LogP contribution in [0.3, 0.4) is 0 Å². The third-order valence-corrected chi connectivity index (χ3v) is 5.06. The molecule has 1 fully saturated rings. The largest absolute Gasteiger partial charge is 0.327 e. The molecule has 0 radical (unpaired) electrons. The number of hydrogen-bond donors (Lipinski definition) is 1. The first kappa shape index (κ1) is 15.4. The minimum absolute atomic E-state index is 0.0533. The lowest BCUT2D eigenvalue weighted by Crippen LogP contribution is -2.46. The predicted octanol–water partition coefficient (Wildman–Crippen LogP) is 4.31. The Morgan fingerprint density at radius 1 is 1.15 bits per heavy atom. The highest BCUT2D eigenvalue weighted by molar-refractivity contribution is 5.32. The lowest BCUT2D eigenvalue weighted by Gasteiger charge is -2.43. The molecule has 0 aliphatic heterocycles. The molecule has 1 aromatic rings. The highest BCUT2D eigenvalue weighted by Gasteiger charge is 2.40. The molecule has 0 amide bonds. The SMILES string of the molecule is Cc1ccc(C(C)(C)C2CCC(C)CC2N)c(F)c1F. The second-order valence-electron chi connectivity index (χ2n) is 6.97. The monoisotopic (exact) mass is 281 g/mol. The van der Waals surface area contributed by atoms with Gasteiger partial charge in [0.2, 0.25) is 0 Å². The molecule has 1 aromatic carbocycles. The lowest BCUT2D eigenvalue weighted by atomic mass is 9.63. The number of rotatable bonds is 2. The molecule has 1 aliphatic carbocycles. The number of benzene rings is 1. The van der Waals surface area contributed by atoms with Crippen molar-refractivity contribution in [3.8, 4) is 0 Å². The number of halogens is 2. The van der Waals surface area contributed by atoms with Crippen molar-refractivity contribution in [2.24, 2.45) is 17.6 Å². The van der Waals surface area contributed by atoms with E-state index < -0.39 is 17.0 Å². The van der Waals surface area contributed by atoms with Gasteiger partial charge >= 0.3 is 0 Å². The van der Waals surface area contributed by atoms with Crippen LogP contribution in [0.2, 0.25) is 0 Å². The molecule has 1 saturated carbocycles. The summed E-state index contributed by atoms with van der Waals surface area (Å²) in [6, 6.07) is 3.43. The molecular weight excluding hydrogens is 256 g/mol. The molecule has 0 bridgehead atoms. The molecule has 3 heteroatoms. The summed E-state index contributed by atoms with van der Waals surface area (Å²) < 4.78 is 28.1. The summed E-state index contributed by atoms with van der Waals surface area (Å²) in [5, 5.41) is 0. The summed E-state index contributed by atoms with van der Waals surface area (Å²) in [5.74, 6) is -0.624. The van der Waals surface area contributed by atoms with Crippen LogP contribution in [0.15, 0.2) is 12.1 Å². The number of aryl methyl sites for hydroxylation is 1. The van der Waals surface area contributed by atoms with Gasteiger partial charge in [0.1, 0.15) is 0 Å². The van der Waals surface area contributed by atoms with Gasteiger partial charge in [0.05, 0.1) is 0 Å². The van der Waals surface area contributed by atoms with E-state index in [1.807, 2.05) is 13.8 Å². The zero-order chi connectivity index (χ0) is 15.1. The molecule has 2 N–H and O–H groups in total. The van der Waals surface area contributed by atoms with Crippen LogP contribution in [-0.4, -0.2) is 6.04 Å². The Balaban J connectivity index is 2.37. The Hall–Kier alpha value is -0.960. The summed E-state index contributed by atoms with van der Waals surface area (Å²) in [6.45, 7) is 7.76. The predicted molar refractivity (Wildman–Crippen MR) is 78.6 cm³/mol. The molecule has 0 saturated heterocycles. The molecule has 1 nitrogen and oxygen atoms in total. The van der Waals surface area contributed by atoms with E-state index in [2.05, 4.69) is 6.92 Å². The maximum atomic E-state index is 14.3. The zero-order valence-electron chi connectivity index (χ0n) is 12.8. The zero-order valence-corrected chi connectivity index (χ0v) is 12.8. The van der Waals surface area contributed by atoms with Crippen molar-refractivity contribution in [3.05, 3.63) is 34.9 Å². The molecule has 0 aromatic heterocycles. The molecular formula is C17H25F2N. The van der Waals surface area contributed by atoms with Gasteiger partial charge in [0.15, 0.2) is 11.6 Å². The van der Waals surface area contributed by atoms with Crippen molar-refractivity contribution < 1.29 is 8.78 Å². The van der Waals surface area contributed by atoms with Crippen molar-refractivity contribution in [1.82, 2.24) is 0 Å². The van der Waals surface area contributed by atoms with Gasteiger partial charge in [-0.3, -0.25) is 0 Å². The van der Waals surface area contributed by atoms with Crippen molar-refractivity contribution in [2.75, 3.05) is 0 Å². The Labute approximate surface area is 120 Å². The molecule has 3 unspecified atom stereocenters. The molecule has 3 atom stereocenters. The standard InChI is InChI=1S/C17H25F2N/c1-10-5-7-12(14(20)9-10)17(3,4)13-8-6-11(2)15(18)16(13)19/h6,8,10,12,14H,5,7,9,20H2,1-4H3. The Morgan fingerprint density at radius 3 is 2.40 bits per heavy atom. The highest BCUT2D eigenvalue weighted by Crippen LogP contribution is 2.42. The fourth-order valence-corrected chi connectivity index (χ4v) is 3.66. The molecule has 1 aliphatic rings. The Bertz CT molecular complexity index is 496. The second-order valence-corrected chi connectivity index (χ2v) is 6.97. The van der Waals surface area contributed by atoms with Crippen molar-refractivity contribution >= 4 is 0 Å². The van der Waals surface area contributed by atoms with Crippen molar-refractivity contribution in [1.29, 1.82) is 0 Å². The summed E-state index contributed by atoms with van der Waals surface area (Å²) >= 11 is 0. The van der Waals surface area contributed by atoms with Crippen LogP contribution in [0, 0.1) is 30.4 Å². The fraction of sp³-hybridized carbons (Fsp3) is 0.647. The molecule has 20 heavy (non-hydrogen) atoms. The molecule has 0 spiro atoms. The van der Waals surface area contributed by atoms with Gasteiger partial charge < -0.3 is 5.73 Å². The van der Waals surface area contributed by atoms with E-state index in [0.717, 1.165) is 19.3 Å². The van der Waals surface area contributed by atoms with E-state index in [4.69, 9.17) is 5.73 Å². The summed E-state index contributed by atoms with van der Waals surface area (Å²) in [7, 11) is 0. The molecule has 0 heterocycles. The fourth-order valence-electron chi connectivity index (χ4n) is 3.66. The maximum Gasteiger partial charge on any atom is 0.162 e. The van der Waals surface area contributed by atoms with Gasteiger partial charge in [-0.05, 0) is 48.1 Å². The third kappa shape index (κ3) is 2.60. The average Bonchev–Trinajstić information content (AvgIpc) is 2.35. The van der Waals surface area contributed by atoms with Crippen molar-refractivity contribution in [3.63, 3.8) is 0 Å². The van der Waals surface area contributed by atoms with Crippen LogP contribution < -0.4 is 5.73 Å². The summed E-state index contributed by atoms with van der Waals surface area (Å²) in [4.78, 5) is 0. The number of hydrogen-bond acceptors (Lipinski definition) is 1. The molecule has 2 rings (SSSR count). The van der Waals surface area contributed by atoms with E-state index in [1.54, 1.807) is 19.1 Å². The van der Waals surface area contributed by atoms with E-state index in [9.17, 15) is 8.78 Å². The van der Waals surface area contributed by atoms with Gasteiger partial charge in [-0.1, -0.05) is 39.3 Å². The first-order valence-corrected chi connectivity index (χ1v) is 7.45. The first-order valence-electron chi connectivity index (χ1n) is 7.45. The van der Waals surface area contributed by atoms with E-state index >= 15 is 0 Å². The van der Waals surface area contributed by atoms with Crippen LogP contribution in [0.1, 0.15) is 51.2 Å². The molecule has 112 valence electrons. The smallest absolute Gasteiger partial charge is 0.162 e. The number of nitrogens with two attached hydrogens (primary N) is 1. The van der Waals surface area contributed by atoms with Gasteiger partial charge in [-0.2, -0.15) is 0 Å². The Morgan fingerprint density at radius 2 is 1.80 bits per heavy atom. The van der Waals surface area contributed by atoms with Crippen LogP contribution in [0.4, 0.5) is 8.78 Å². The van der Waals surface area contributed by atoms with E-state index in [0.29, 0.717) is 17.0 Å². The third-order valence-electron chi connectivity index (χ3n) is 5.06. The van der Waals surface area contributed by atoms with Gasteiger partial charge in [-0.25, -0.2) is 8.78 Å². The van der Waals surface area contributed by atoms with Crippen LogP contribution in [0.25, 0.3) is 0 Å². The van der Waals surface area contributed by atoms with Crippen LogP contribution in [0.5, 0.6) is 0 Å². The second kappa shape index (κ2) is 5.44. The van der Waals surface area contributed by atoms with Gasteiger partial charge in [-0.15, -0.1) is 0 Å².